The fourth-order valence-corrected chi connectivity index (χ4v) is 4.71. The Balaban J connectivity index is 1.57. The van der Waals surface area contributed by atoms with Gasteiger partial charge in [-0.25, -0.2) is 0 Å². The molecule has 1 aliphatic heterocycles. The van der Waals surface area contributed by atoms with E-state index in [-0.39, 0.29) is 12.3 Å². The van der Waals surface area contributed by atoms with Gasteiger partial charge in [0.2, 0.25) is 5.69 Å². The van der Waals surface area contributed by atoms with Crippen LogP contribution in [-0.4, -0.2) is 26.3 Å². The van der Waals surface area contributed by atoms with E-state index in [4.69, 9.17) is 18.9 Å². The molecular formula is C28H27N2O6+. The van der Waals surface area contributed by atoms with Crippen LogP contribution in [0.2, 0.25) is 0 Å². The van der Waals surface area contributed by atoms with Gasteiger partial charge in [-0.05, 0) is 59.3 Å². The summed E-state index contributed by atoms with van der Waals surface area (Å²) < 4.78 is 25.2. The third kappa shape index (κ3) is 4.26. The Morgan fingerprint density at radius 2 is 1.64 bits per heavy atom. The smallest absolute Gasteiger partial charge is 0.269 e. The van der Waals surface area contributed by atoms with E-state index in [1.54, 1.807) is 33.5 Å². The number of methoxy groups -OCH3 is 3. The van der Waals surface area contributed by atoms with Crippen LogP contribution in [-0.2, 0) is 19.6 Å². The molecule has 0 bridgehead atoms. The van der Waals surface area contributed by atoms with E-state index >= 15 is 0 Å². The van der Waals surface area contributed by atoms with E-state index in [1.807, 2.05) is 18.2 Å². The second-order valence-electron chi connectivity index (χ2n) is 8.63. The Morgan fingerprint density at radius 3 is 2.33 bits per heavy atom. The molecular weight excluding hydrogens is 460 g/mol. The summed E-state index contributed by atoms with van der Waals surface area (Å²) in [6, 6.07) is 16.6. The lowest BCUT2D eigenvalue weighted by Crippen LogP contribution is -2.35. The van der Waals surface area contributed by atoms with Crippen LogP contribution in [0.5, 0.6) is 23.0 Å². The number of rotatable bonds is 7. The molecule has 0 aliphatic carbocycles. The molecule has 0 atom stereocenters. The van der Waals surface area contributed by atoms with Gasteiger partial charge in [0.1, 0.15) is 13.2 Å². The van der Waals surface area contributed by atoms with Gasteiger partial charge in [-0.15, -0.1) is 0 Å². The summed E-state index contributed by atoms with van der Waals surface area (Å²) in [4.78, 5) is 10.5. The van der Waals surface area contributed by atoms with Crippen LogP contribution in [0.4, 0.5) is 5.69 Å². The molecule has 0 spiro atoms. The maximum absolute atomic E-state index is 11.0. The van der Waals surface area contributed by atoms with Crippen molar-refractivity contribution in [3.05, 3.63) is 82.0 Å². The van der Waals surface area contributed by atoms with Gasteiger partial charge in [0, 0.05) is 24.6 Å². The van der Waals surface area contributed by atoms with Crippen LogP contribution < -0.4 is 23.5 Å². The first-order chi connectivity index (χ1) is 17.5. The molecule has 0 amide bonds. The number of ether oxygens (including phenoxy) is 4. The van der Waals surface area contributed by atoms with E-state index in [0.717, 1.165) is 52.7 Å². The minimum atomic E-state index is -0.412. The predicted octanol–water partition coefficient (Wildman–Crippen LogP) is 5.25. The van der Waals surface area contributed by atoms with E-state index < -0.39 is 4.92 Å². The first-order valence-electron chi connectivity index (χ1n) is 11.7. The quantitative estimate of drug-likeness (QED) is 0.201. The van der Waals surface area contributed by atoms with Gasteiger partial charge in [-0.1, -0.05) is 0 Å². The van der Waals surface area contributed by atoms with E-state index in [1.165, 1.54) is 17.7 Å². The number of fused-ring (bicyclic) bond motifs is 4. The van der Waals surface area contributed by atoms with Crippen LogP contribution >= 0.6 is 0 Å². The zero-order chi connectivity index (χ0) is 25.2. The first-order valence-corrected chi connectivity index (χ1v) is 11.7. The number of nitrogens with zero attached hydrogens (tertiary/aromatic N) is 2. The molecule has 0 saturated carbocycles. The summed E-state index contributed by atoms with van der Waals surface area (Å²) in [5.41, 5.74) is 4.33. The van der Waals surface area contributed by atoms with Crippen LogP contribution in [0.25, 0.3) is 22.0 Å². The summed E-state index contributed by atoms with van der Waals surface area (Å²) in [5, 5.41) is 12.9. The summed E-state index contributed by atoms with van der Waals surface area (Å²) in [5.74, 6) is 2.70. The van der Waals surface area contributed by atoms with Crippen molar-refractivity contribution >= 4 is 16.5 Å². The topological polar surface area (TPSA) is 83.9 Å². The maximum atomic E-state index is 11.0. The number of non-ortho nitro benzene ring substituents is 1. The molecule has 0 N–H and O–H groups in total. The van der Waals surface area contributed by atoms with Crippen molar-refractivity contribution in [2.24, 2.45) is 0 Å². The lowest BCUT2D eigenvalue weighted by atomic mass is 9.99. The van der Waals surface area contributed by atoms with Crippen LogP contribution in [0, 0.1) is 10.1 Å². The molecule has 184 valence electrons. The molecule has 1 aliphatic rings. The zero-order valence-electron chi connectivity index (χ0n) is 20.4. The number of nitro benzene ring substituents is 1. The highest BCUT2D eigenvalue weighted by Gasteiger charge is 2.26. The van der Waals surface area contributed by atoms with Gasteiger partial charge in [-0.3, -0.25) is 10.1 Å². The highest BCUT2D eigenvalue weighted by Crippen LogP contribution is 2.40. The van der Waals surface area contributed by atoms with Crippen LogP contribution in [0.3, 0.4) is 0 Å². The van der Waals surface area contributed by atoms with Gasteiger partial charge in [-0.2, -0.15) is 4.57 Å². The molecule has 8 heteroatoms. The number of aryl methyl sites for hydroxylation is 2. The monoisotopic (exact) mass is 487 g/mol. The second-order valence-corrected chi connectivity index (χ2v) is 8.63. The number of hydrogen-bond acceptors (Lipinski definition) is 6. The summed E-state index contributed by atoms with van der Waals surface area (Å²) in [7, 11) is 4.92. The molecule has 4 aromatic rings. The highest BCUT2D eigenvalue weighted by atomic mass is 16.6. The Morgan fingerprint density at radius 1 is 0.917 bits per heavy atom. The summed E-state index contributed by atoms with van der Waals surface area (Å²) >= 11 is 0. The van der Waals surface area contributed by atoms with Crippen LogP contribution in [0.15, 0.2) is 60.8 Å². The minimum Gasteiger partial charge on any atom is -0.493 e. The standard InChI is InChI=1S/C28H27N2O6/c1-33-25-11-8-20-13-24-22-15-27(35-3)26(34-2)14-19(22)5-4-12-29(24)16-23(20)28(25)36-17-18-6-9-21(10-7-18)30(31)32/h6-11,13-16H,4-5,12,17H2,1-3H3/q+1. The molecule has 36 heavy (non-hydrogen) atoms. The van der Waals surface area contributed by atoms with E-state index in [9.17, 15) is 10.1 Å². The zero-order valence-corrected chi connectivity index (χ0v) is 20.4. The maximum Gasteiger partial charge on any atom is 0.269 e. The Labute approximate surface area is 208 Å². The third-order valence-electron chi connectivity index (χ3n) is 6.56. The lowest BCUT2D eigenvalue weighted by molar-refractivity contribution is -0.684. The Kier molecular flexibility index (Phi) is 6.33. The average molecular weight is 488 g/mol. The predicted molar refractivity (Wildman–Crippen MR) is 135 cm³/mol. The van der Waals surface area contributed by atoms with Crippen molar-refractivity contribution in [1.82, 2.24) is 0 Å². The van der Waals surface area contributed by atoms with Crippen LogP contribution in [0.1, 0.15) is 17.5 Å². The van der Waals surface area contributed by atoms with Gasteiger partial charge >= 0.3 is 0 Å². The van der Waals surface area contributed by atoms with Crippen molar-refractivity contribution in [1.29, 1.82) is 0 Å². The number of nitro groups is 1. The number of pyridine rings is 1. The largest absolute Gasteiger partial charge is 0.493 e. The molecule has 2 heterocycles. The Bertz CT molecular complexity index is 1450. The van der Waals surface area contributed by atoms with Gasteiger partial charge in [0.25, 0.3) is 5.69 Å². The molecule has 3 aromatic carbocycles. The van der Waals surface area contributed by atoms with Gasteiger partial charge < -0.3 is 18.9 Å². The SMILES string of the molecule is COc1cc2c(cc1OC)-c1cc3ccc(OC)c(OCc4ccc([N+](=O)[O-])cc4)c3c[n+]1CCC2. The third-order valence-corrected chi connectivity index (χ3v) is 6.56. The summed E-state index contributed by atoms with van der Waals surface area (Å²) in [6.45, 7) is 1.11. The first kappa shape index (κ1) is 23.4. The molecule has 0 saturated heterocycles. The molecule has 1 aromatic heterocycles. The normalized spacial score (nSPS) is 12.3. The highest BCUT2D eigenvalue weighted by molar-refractivity contribution is 5.91. The fraction of sp³-hybridized carbons (Fsp3) is 0.250. The average Bonchev–Trinajstić information content (AvgIpc) is 3.08. The number of hydrogen-bond donors (Lipinski definition) is 0. The van der Waals surface area contributed by atoms with Crippen molar-refractivity contribution < 1.29 is 28.4 Å². The van der Waals surface area contributed by atoms with Crippen molar-refractivity contribution in [2.75, 3.05) is 21.3 Å². The molecule has 0 radical (unpaired) electrons. The van der Waals surface area contributed by atoms with Gasteiger partial charge in [0.05, 0.1) is 37.2 Å². The van der Waals surface area contributed by atoms with E-state index in [2.05, 4.69) is 22.9 Å². The second kappa shape index (κ2) is 9.73. The summed E-state index contributed by atoms with van der Waals surface area (Å²) in [6.07, 6.45) is 4.03. The minimum absolute atomic E-state index is 0.0510. The van der Waals surface area contributed by atoms with Crippen molar-refractivity contribution in [2.45, 2.75) is 26.0 Å². The number of benzene rings is 3. The van der Waals surface area contributed by atoms with E-state index in [0.29, 0.717) is 17.2 Å². The van der Waals surface area contributed by atoms with Gasteiger partial charge in [0.15, 0.2) is 29.2 Å². The number of aromatic nitrogens is 1. The Hall–Kier alpha value is -4.33. The fourth-order valence-electron chi connectivity index (χ4n) is 4.71. The van der Waals surface area contributed by atoms with Crippen molar-refractivity contribution in [3.8, 4) is 34.3 Å². The van der Waals surface area contributed by atoms with Crippen molar-refractivity contribution in [3.63, 3.8) is 0 Å². The molecule has 0 unspecified atom stereocenters. The lowest BCUT2D eigenvalue weighted by Gasteiger charge is -2.15. The molecule has 0 fully saturated rings. The molecule has 5 rings (SSSR count). The molecule has 8 nitrogen and oxygen atoms in total.